The molecule has 0 aromatic carbocycles. The lowest BCUT2D eigenvalue weighted by Gasteiger charge is -2.02. The van der Waals surface area contributed by atoms with Gasteiger partial charge in [0.1, 0.15) is 5.76 Å². The average Bonchev–Trinajstić information content (AvgIpc) is 2.31. The van der Waals surface area contributed by atoms with Crippen molar-refractivity contribution in [3.63, 3.8) is 0 Å². The van der Waals surface area contributed by atoms with E-state index in [0.717, 1.165) is 4.47 Å². The van der Waals surface area contributed by atoms with Gasteiger partial charge in [0.25, 0.3) is 0 Å². The number of hydrogen-bond donors (Lipinski definition) is 2. The predicted molar refractivity (Wildman–Crippen MR) is 50.1 cm³/mol. The Morgan fingerprint density at radius 2 is 2.18 bits per heavy atom. The van der Waals surface area contributed by atoms with Crippen LogP contribution < -0.4 is 11.5 Å². The molecule has 1 aromatic rings. The summed E-state index contributed by atoms with van der Waals surface area (Å²) in [5.74, 6) is 0.686. The predicted octanol–water partition coefficient (Wildman–Crippen LogP) is 1.76. The van der Waals surface area contributed by atoms with Crippen LogP contribution in [-0.2, 0) is 0 Å². The van der Waals surface area contributed by atoms with Crippen LogP contribution in [0.2, 0.25) is 0 Å². The zero-order chi connectivity index (χ0) is 8.43. The van der Waals surface area contributed by atoms with Gasteiger partial charge in [-0.05, 0) is 37.9 Å². The minimum atomic E-state index is -0.224. The van der Waals surface area contributed by atoms with Gasteiger partial charge in [-0.2, -0.15) is 0 Å². The van der Waals surface area contributed by atoms with Crippen molar-refractivity contribution in [2.75, 3.05) is 6.54 Å². The second kappa shape index (κ2) is 3.71. The molecule has 1 unspecified atom stereocenters. The summed E-state index contributed by atoms with van der Waals surface area (Å²) >= 11 is 6.48. The largest absolute Gasteiger partial charge is 0.451 e. The summed E-state index contributed by atoms with van der Waals surface area (Å²) in [6, 6.07) is 1.58. The van der Waals surface area contributed by atoms with E-state index in [1.54, 1.807) is 0 Å². The molecule has 0 aliphatic heterocycles. The van der Waals surface area contributed by atoms with Gasteiger partial charge < -0.3 is 15.9 Å². The zero-order valence-electron chi connectivity index (χ0n) is 5.68. The molecule has 1 rings (SSSR count). The molecule has 0 radical (unpaired) electrons. The Morgan fingerprint density at radius 3 is 2.55 bits per heavy atom. The van der Waals surface area contributed by atoms with Gasteiger partial charge in [0, 0.05) is 6.54 Å². The quantitative estimate of drug-likeness (QED) is 0.869. The van der Waals surface area contributed by atoms with E-state index in [2.05, 4.69) is 31.9 Å². The first-order valence-electron chi connectivity index (χ1n) is 3.05. The van der Waals surface area contributed by atoms with Crippen molar-refractivity contribution < 1.29 is 4.42 Å². The van der Waals surface area contributed by atoms with Gasteiger partial charge in [0.05, 0.1) is 10.5 Å². The molecular weight excluding hydrogens is 276 g/mol. The summed E-state index contributed by atoms with van der Waals surface area (Å²) in [6.07, 6.45) is 0. The Balaban J connectivity index is 2.88. The van der Waals surface area contributed by atoms with E-state index in [4.69, 9.17) is 15.9 Å². The second-order valence-electron chi connectivity index (χ2n) is 2.11. The van der Waals surface area contributed by atoms with Crippen LogP contribution in [0.5, 0.6) is 0 Å². The number of halogens is 2. The van der Waals surface area contributed by atoms with Crippen LogP contribution in [0, 0.1) is 0 Å². The first-order valence-corrected chi connectivity index (χ1v) is 4.64. The molecule has 1 atom stereocenters. The Labute approximate surface area is 81.4 Å². The van der Waals surface area contributed by atoms with Crippen molar-refractivity contribution in [1.82, 2.24) is 0 Å². The lowest BCUT2D eigenvalue weighted by molar-refractivity contribution is 0.451. The van der Waals surface area contributed by atoms with Gasteiger partial charge in [-0.1, -0.05) is 0 Å². The third kappa shape index (κ3) is 2.05. The Morgan fingerprint density at radius 1 is 1.55 bits per heavy atom. The van der Waals surface area contributed by atoms with Crippen LogP contribution in [0.1, 0.15) is 11.8 Å². The molecule has 5 heteroatoms. The molecule has 0 saturated heterocycles. The lowest BCUT2D eigenvalue weighted by atomic mass is 10.2. The monoisotopic (exact) mass is 282 g/mol. The van der Waals surface area contributed by atoms with Crippen LogP contribution in [0.25, 0.3) is 0 Å². The molecule has 62 valence electrons. The molecule has 1 aromatic heterocycles. The second-order valence-corrected chi connectivity index (χ2v) is 3.69. The molecule has 1 heterocycles. The highest BCUT2D eigenvalue weighted by atomic mass is 79.9. The van der Waals surface area contributed by atoms with Crippen molar-refractivity contribution >= 4 is 31.9 Å². The van der Waals surface area contributed by atoms with Crippen molar-refractivity contribution in [3.05, 3.63) is 21.0 Å². The molecule has 0 spiro atoms. The summed E-state index contributed by atoms with van der Waals surface area (Å²) < 4.78 is 6.74. The Bertz CT molecular complexity index is 229. The molecule has 0 bridgehead atoms. The average molecular weight is 284 g/mol. The number of furan rings is 1. The fourth-order valence-corrected chi connectivity index (χ4v) is 1.27. The van der Waals surface area contributed by atoms with E-state index in [1.807, 2.05) is 6.07 Å². The Kier molecular flexibility index (Phi) is 3.12. The standard InChI is InChI=1S/C6H8Br2N2O/c7-3-1-5(4(10)2-9)11-6(3)8/h1,4H,2,9-10H2. The summed E-state index contributed by atoms with van der Waals surface area (Å²) in [5.41, 5.74) is 11.0. The first-order chi connectivity index (χ1) is 5.15. The summed E-state index contributed by atoms with van der Waals surface area (Å²) in [6.45, 7) is 0.381. The van der Waals surface area contributed by atoms with Crippen LogP contribution >= 0.6 is 31.9 Å². The molecule has 3 nitrogen and oxygen atoms in total. The zero-order valence-corrected chi connectivity index (χ0v) is 8.85. The highest BCUT2D eigenvalue weighted by molar-refractivity contribution is 9.13. The first kappa shape index (κ1) is 9.25. The number of nitrogens with two attached hydrogens (primary N) is 2. The molecule has 0 fully saturated rings. The van der Waals surface area contributed by atoms with Crippen molar-refractivity contribution in [2.45, 2.75) is 6.04 Å². The maximum absolute atomic E-state index is 5.62. The third-order valence-electron chi connectivity index (χ3n) is 1.28. The van der Waals surface area contributed by atoms with Gasteiger partial charge in [-0.25, -0.2) is 0 Å². The maximum Gasteiger partial charge on any atom is 0.183 e. The van der Waals surface area contributed by atoms with Gasteiger partial charge in [-0.3, -0.25) is 0 Å². The fraction of sp³-hybridized carbons (Fsp3) is 0.333. The summed E-state index contributed by atoms with van der Waals surface area (Å²) in [5, 5.41) is 0. The molecule has 0 saturated carbocycles. The molecular formula is C6H8Br2N2O. The summed E-state index contributed by atoms with van der Waals surface area (Å²) in [4.78, 5) is 0. The highest BCUT2D eigenvalue weighted by Gasteiger charge is 2.11. The molecule has 0 amide bonds. The minimum absolute atomic E-state index is 0.224. The van der Waals surface area contributed by atoms with Crippen LogP contribution in [0.3, 0.4) is 0 Å². The van der Waals surface area contributed by atoms with Crippen LogP contribution in [0.4, 0.5) is 0 Å². The van der Waals surface area contributed by atoms with E-state index in [-0.39, 0.29) is 6.04 Å². The lowest BCUT2D eigenvalue weighted by Crippen LogP contribution is -2.19. The van der Waals surface area contributed by atoms with E-state index < -0.39 is 0 Å². The molecule has 4 N–H and O–H groups in total. The third-order valence-corrected chi connectivity index (χ3v) is 2.99. The van der Waals surface area contributed by atoms with Crippen molar-refractivity contribution in [1.29, 1.82) is 0 Å². The van der Waals surface area contributed by atoms with Gasteiger partial charge in [0.2, 0.25) is 0 Å². The Hall–Kier alpha value is 0.160. The van der Waals surface area contributed by atoms with Gasteiger partial charge in [0.15, 0.2) is 4.67 Å². The molecule has 11 heavy (non-hydrogen) atoms. The topological polar surface area (TPSA) is 65.2 Å². The van der Waals surface area contributed by atoms with Gasteiger partial charge in [-0.15, -0.1) is 0 Å². The molecule has 0 aliphatic carbocycles. The van der Waals surface area contributed by atoms with Crippen LogP contribution in [-0.4, -0.2) is 6.54 Å². The van der Waals surface area contributed by atoms with Crippen molar-refractivity contribution in [2.24, 2.45) is 11.5 Å². The smallest absolute Gasteiger partial charge is 0.183 e. The minimum Gasteiger partial charge on any atom is -0.451 e. The highest BCUT2D eigenvalue weighted by Crippen LogP contribution is 2.28. The van der Waals surface area contributed by atoms with E-state index in [0.29, 0.717) is 17.0 Å². The maximum atomic E-state index is 5.62. The summed E-state index contributed by atoms with van der Waals surface area (Å²) in [7, 11) is 0. The normalized spacial score (nSPS) is 13.5. The van der Waals surface area contributed by atoms with Crippen LogP contribution in [0.15, 0.2) is 19.6 Å². The van der Waals surface area contributed by atoms with Crippen molar-refractivity contribution in [3.8, 4) is 0 Å². The number of rotatable bonds is 2. The fourth-order valence-electron chi connectivity index (χ4n) is 0.662. The van der Waals surface area contributed by atoms with E-state index in [1.165, 1.54) is 0 Å². The van der Waals surface area contributed by atoms with E-state index in [9.17, 15) is 0 Å². The SMILES string of the molecule is NCC(N)c1cc(Br)c(Br)o1. The van der Waals surface area contributed by atoms with E-state index >= 15 is 0 Å². The number of hydrogen-bond acceptors (Lipinski definition) is 3. The van der Waals surface area contributed by atoms with Gasteiger partial charge >= 0.3 is 0 Å². The molecule has 0 aliphatic rings.